The Labute approximate surface area is 158 Å². The van der Waals surface area contributed by atoms with Gasteiger partial charge in [0.1, 0.15) is 5.69 Å². The number of carbonyl (C=O) groups excluding carboxylic acids is 1. The maximum absolute atomic E-state index is 12.9. The maximum atomic E-state index is 12.9. The standard InChI is InChI=1S/C18H28N6O3/c1-5-24-8-15(16(21-24)14-6-20-22(3)7-14)17(26)19-10-18(11-25)12-27-9-13(2)23(18)4/h6-8,13,25H,5,9-12H2,1-4H3,(H,19,26)/t13-,18+/m1/s1. The molecular formula is C18H28N6O3. The number of likely N-dealkylation sites (N-methyl/N-ethyl adjacent to an activating group) is 1. The zero-order chi connectivity index (χ0) is 19.6. The molecule has 0 aromatic carbocycles. The number of amides is 1. The van der Waals surface area contributed by atoms with Crippen molar-refractivity contribution in [3.8, 4) is 11.3 Å². The molecule has 1 fully saturated rings. The first-order valence-corrected chi connectivity index (χ1v) is 9.16. The highest BCUT2D eigenvalue weighted by molar-refractivity contribution is 5.99. The van der Waals surface area contributed by atoms with Crippen LogP contribution in [-0.2, 0) is 18.3 Å². The minimum atomic E-state index is -0.636. The predicted molar refractivity (Wildman–Crippen MR) is 100 cm³/mol. The lowest BCUT2D eigenvalue weighted by Crippen LogP contribution is -2.65. The van der Waals surface area contributed by atoms with E-state index < -0.39 is 5.54 Å². The summed E-state index contributed by atoms with van der Waals surface area (Å²) in [5.41, 5.74) is 1.24. The van der Waals surface area contributed by atoms with E-state index in [0.29, 0.717) is 31.0 Å². The third kappa shape index (κ3) is 3.76. The van der Waals surface area contributed by atoms with Crippen molar-refractivity contribution in [3.05, 3.63) is 24.2 Å². The quantitative estimate of drug-likeness (QED) is 0.743. The van der Waals surface area contributed by atoms with Crippen LogP contribution < -0.4 is 5.32 Å². The number of nitrogens with zero attached hydrogens (tertiary/aromatic N) is 5. The van der Waals surface area contributed by atoms with Crippen molar-refractivity contribution in [2.75, 3.05) is 33.4 Å². The summed E-state index contributed by atoms with van der Waals surface area (Å²) in [6.07, 6.45) is 5.27. The summed E-state index contributed by atoms with van der Waals surface area (Å²) in [5.74, 6) is -0.229. The van der Waals surface area contributed by atoms with Crippen LogP contribution in [0.2, 0.25) is 0 Å². The Morgan fingerprint density at radius 1 is 1.44 bits per heavy atom. The van der Waals surface area contributed by atoms with Gasteiger partial charge in [0.2, 0.25) is 0 Å². The molecule has 1 aliphatic heterocycles. The van der Waals surface area contributed by atoms with E-state index in [2.05, 4.69) is 20.4 Å². The molecule has 2 aromatic heterocycles. The highest BCUT2D eigenvalue weighted by atomic mass is 16.5. The topological polar surface area (TPSA) is 97.4 Å². The van der Waals surface area contributed by atoms with Crippen LogP contribution in [0.25, 0.3) is 11.3 Å². The fraction of sp³-hybridized carbons (Fsp3) is 0.611. The monoisotopic (exact) mass is 376 g/mol. The molecule has 0 spiro atoms. The van der Waals surface area contributed by atoms with Crippen molar-refractivity contribution in [2.24, 2.45) is 7.05 Å². The molecular weight excluding hydrogens is 348 g/mol. The zero-order valence-electron chi connectivity index (χ0n) is 16.3. The fourth-order valence-electron chi connectivity index (χ4n) is 3.34. The van der Waals surface area contributed by atoms with E-state index in [4.69, 9.17) is 4.74 Å². The third-order valence-electron chi connectivity index (χ3n) is 5.32. The number of morpholine rings is 1. The van der Waals surface area contributed by atoms with E-state index >= 15 is 0 Å². The molecule has 1 saturated heterocycles. The molecule has 2 aromatic rings. The number of hydrogen-bond donors (Lipinski definition) is 2. The van der Waals surface area contributed by atoms with E-state index in [1.54, 1.807) is 21.8 Å². The molecule has 0 unspecified atom stereocenters. The number of hydrogen-bond acceptors (Lipinski definition) is 6. The van der Waals surface area contributed by atoms with Crippen molar-refractivity contribution in [3.63, 3.8) is 0 Å². The van der Waals surface area contributed by atoms with Crippen molar-refractivity contribution >= 4 is 5.91 Å². The molecule has 0 saturated carbocycles. The van der Waals surface area contributed by atoms with Crippen LogP contribution >= 0.6 is 0 Å². The summed E-state index contributed by atoms with van der Waals surface area (Å²) < 4.78 is 9.05. The Kier molecular flexibility index (Phi) is 5.64. The van der Waals surface area contributed by atoms with Crippen LogP contribution in [-0.4, -0.2) is 80.5 Å². The zero-order valence-corrected chi connectivity index (χ0v) is 16.3. The molecule has 3 heterocycles. The predicted octanol–water partition coefficient (Wildman–Crippen LogP) is 0.115. The molecule has 1 amide bonds. The van der Waals surface area contributed by atoms with Gasteiger partial charge in [-0.05, 0) is 20.9 Å². The van der Waals surface area contributed by atoms with Gasteiger partial charge < -0.3 is 15.2 Å². The second kappa shape index (κ2) is 7.79. The first-order valence-electron chi connectivity index (χ1n) is 9.16. The number of ether oxygens (including phenoxy) is 1. The van der Waals surface area contributed by atoms with Crippen LogP contribution in [0, 0.1) is 0 Å². The second-order valence-electron chi connectivity index (χ2n) is 7.19. The van der Waals surface area contributed by atoms with Gasteiger partial charge in [0.15, 0.2) is 0 Å². The van der Waals surface area contributed by atoms with Crippen molar-refractivity contribution in [2.45, 2.75) is 32.0 Å². The van der Waals surface area contributed by atoms with E-state index in [-0.39, 0.29) is 25.1 Å². The highest BCUT2D eigenvalue weighted by Gasteiger charge is 2.40. The minimum Gasteiger partial charge on any atom is -0.394 e. The molecule has 9 heteroatoms. The summed E-state index contributed by atoms with van der Waals surface area (Å²) in [4.78, 5) is 15.0. The number of aliphatic hydroxyl groups excluding tert-OH is 1. The molecule has 2 atom stereocenters. The van der Waals surface area contributed by atoms with Crippen LogP contribution in [0.4, 0.5) is 0 Å². The summed E-state index contributed by atoms with van der Waals surface area (Å²) in [6.45, 7) is 5.84. The van der Waals surface area contributed by atoms with Crippen molar-refractivity contribution in [1.82, 2.24) is 29.8 Å². The lowest BCUT2D eigenvalue weighted by Gasteiger charge is -2.47. The lowest BCUT2D eigenvalue weighted by molar-refractivity contribution is -0.105. The van der Waals surface area contributed by atoms with Gasteiger partial charge in [-0.3, -0.25) is 19.1 Å². The third-order valence-corrected chi connectivity index (χ3v) is 5.32. The smallest absolute Gasteiger partial charge is 0.255 e. The van der Waals surface area contributed by atoms with Gasteiger partial charge in [0.05, 0.1) is 37.1 Å². The Morgan fingerprint density at radius 2 is 2.22 bits per heavy atom. The van der Waals surface area contributed by atoms with E-state index in [9.17, 15) is 9.90 Å². The second-order valence-corrected chi connectivity index (χ2v) is 7.19. The SMILES string of the molecule is CCn1cc(C(=O)NC[C@]2(CO)COC[C@@H](C)N2C)c(-c2cnn(C)c2)n1. The van der Waals surface area contributed by atoms with Gasteiger partial charge in [-0.2, -0.15) is 10.2 Å². The van der Waals surface area contributed by atoms with Crippen molar-refractivity contribution < 1.29 is 14.6 Å². The van der Waals surface area contributed by atoms with Crippen LogP contribution in [0.1, 0.15) is 24.2 Å². The Hall–Kier alpha value is -2.23. The Bertz CT molecular complexity index is 801. The number of aliphatic hydroxyl groups is 1. The average Bonchev–Trinajstić information content (AvgIpc) is 3.29. The molecule has 3 rings (SSSR count). The number of nitrogens with one attached hydrogen (secondary N) is 1. The van der Waals surface area contributed by atoms with Crippen LogP contribution in [0.15, 0.2) is 18.6 Å². The normalized spacial score (nSPS) is 23.5. The maximum Gasteiger partial charge on any atom is 0.255 e. The Morgan fingerprint density at radius 3 is 2.85 bits per heavy atom. The number of carbonyl (C=O) groups is 1. The van der Waals surface area contributed by atoms with E-state index in [0.717, 1.165) is 5.56 Å². The number of rotatable bonds is 6. The Balaban J connectivity index is 1.81. The van der Waals surface area contributed by atoms with Gasteiger partial charge in [0, 0.05) is 44.1 Å². The molecule has 0 radical (unpaired) electrons. The first-order chi connectivity index (χ1) is 12.9. The van der Waals surface area contributed by atoms with Gasteiger partial charge in [-0.1, -0.05) is 0 Å². The number of aryl methyl sites for hydroxylation is 2. The van der Waals surface area contributed by atoms with Gasteiger partial charge in [-0.25, -0.2) is 0 Å². The van der Waals surface area contributed by atoms with Gasteiger partial charge in [-0.15, -0.1) is 0 Å². The highest BCUT2D eigenvalue weighted by Crippen LogP contribution is 2.24. The lowest BCUT2D eigenvalue weighted by atomic mass is 9.96. The molecule has 0 aliphatic carbocycles. The summed E-state index contributed by atoms with van der Waals surface area (Å²) in [5, 5.41) is 21.6. The average molecular weight is 376 g/mol. The first kappa shape index (κ1) is 19.5. The number of aromatic nitrogens is 4. The molecule has 148 valence electrons. The van der Waals surface area contributed by atoms with Gasteiger partial charge in [0.25, 0.3) is 5.91 Å². The van der Waals surface area contributed by atoms with Gasteiger partial charge >= 0.3 is 0 Å². The molecule has 1 aliphatic rings. The summed E-state index contributed by atoms with van der Waals surface area (Å²) in [7, 11) is 3.77. The van der Waals surface area contributed by atoms with E-state index in [1.165, 1.54) is 0 Å². The summed E-state index contributed by atoms with van der Waals surface area (Å²) >= 11 is 0. The minimum absolute atomic E-state index is 0.0994. The van der Waals surface area contributed by atoms with Crippen molar-refractivity contribution in [1.29, 1.82) is 0 Å². The van der Waals surface area contributed by atoms with Crippen LogP contribution in [0.3, 0.4) is 0 Å². The van der Waals surface area contributed by atoms with Crippen LogP contribution in [0.5, 0.6) is 0 Å². The molecule has 2 N–H and O–H groups in total. The molecule has 9 nitrogen and oxygen atoms in total. The molecule has 0 bridgehead atoms. The largest absolute Gasteiger partial charge is 0.394 e. The van der Waals surface area contributed by atoms with E-state index in [1.807, 2.05) is 34.1 Å². The fourth-order valence-corrected chi connectivity index (χ4v) is 3.34. The summed E-state index contributed by atoms with van der Waals surface area (Å²) in [6, 6.07) is 0.164. The molecule has 27 heavy (non-hydrogen) atoms.